The zero-order valence-electron chi connectivity index (χ0n) is 21.1. The molecule has 37 heavy (non-hydrogen) atoms. The minimum Gasteiger partial charge on any atom is -0.444 e. The number of para-hydroxylation sites is 1. The van der Waals surface area contributed by atoms with E-state index in [1.54, 1.807) is 27.7 Å². The summed E-state index contributed by atoms with van der Waals surface area (Å²) in [4.78, 5) is 41.3. The second kappa shape index (κ2) is 9.86. The number of carbonyl (C=O) groups is 2. The van der Waals surface area contributed by atoms with E-state index in [4.69, 9.17) is 4.74 Å². The van der Waals surface area contributed by atoms with Crippen LogP contribution in [0.25, 0.3) is 15.9 Å². The van der Waals surface area contributed by atoms with Crippen molar-refractivity contribution in [1.82, 2.24) is 9.47 Å². The molecule has 1 N–H and O–H groups in total. The lowest BCUT2D eigenvalue weighted by molar-refractivity contribution is 0.000848. The highest BCUT2D eigenvalue weighted by Gasteiger charge is 2.34. The first-order chi connectivity index (χ1) is 17.7. The van der Waals surface area contributed by atoms with Gasteiger partial charge in [-0.1, -0.05) is 59.9 Å². The molecule has 190 valence electrons. The Bertz CT molecular complexity index is 1500. The van der Waals surface area contributed by atoms with Crippen LogP contribution in [0.1, 0.15) is 36.7 Å². The molecule has 0 bridgehead atoms. The number of nitrogens with one attached hydrogen (secondary N) is 1. The molecule has 1 fully saturated rings. The molecule has 3 heterocycles. The average molecular weight is 516 g/mol. The Morgan fingerprint density at radius 3 is 2.27 bits per heavy atom. The normalized spacial score (nSPS) is 13.9. The van der Waals surface area contributed by atoms with E-state index >= 15 is 0 Å². The summed E-state index contributed by atoms with van der Waals surface area (Å²) in [6.07, 6.45) is -0.308. The van der Waals surface area contributed by atoms with Gasteiger partial charge in [-0.3, -0.25) is 14.2 Å². The van der Waals surface area contributed by atoms with E-state index in [2.05, 4.69) is 5.32 Å². The average Bonchev–Trinajstić information content (AvgIpc) is 3.20. The van der Waals surface area contributed by atoms with Crippen LogP contribution in [-0.2, 0) is 4.74 Å². The lowest BCUT2D eigenvalue weighted by Crippen LogP contribution is -2.53. The van der Waals surface area contributed by atoms with Gasteiger partial charge in [-0.25, -0.2) is 4.79 Å². The molecule has 0 saturated carbocycles. The van der Waals surface area contributed by atoms with Gasteiger partial charge in [-0.15, -0.1) is 0 Å². The third kappa shape index (κ3) is 5.15. The van der Waals surface area contributed by atoms with E-state index in [0.29, 0.717) is 35.6 Å². The molecule has 0 radical (unpaired) electrons. The molecule has 1 aliphatic rings. The van der Waals surface area contributed by atoms with E-state index < -0.39 is 5.60 Å². The number of rotatable bonds is 6. The molecule has 2 aromatic heterocycles. The van der Waals surface area contributed by atoms with Crippen LogP contribution >= 0.6 is 11.3 Å². The lowest BCUT2D eigenvalue weighted by Gasteiger charge is -2.39. The number of benzene rings is 2. The fourth-order valence-electron chi connectivity index (χ4n) is 4.40. The Kier molecular flexibility index (Phi) is 6.60. The fourth-order valence-corrected chi connectivity index (χ4v) is 5.62. The van der Waals surface area contributed by atoms with Gasteiger partial charge in [0.2, 0.25) is 0 Å². The molecule has 7 nitrogen and oxygen atoms in total. The molecular weight excluding hydrogens is 486 g/mol. The van der Waals surface area contributed by atoms with Crippen molar-refractivity contribution < 1.29 is 14.3 Å². The molecule has 5 rings (SSSR count). The standard InChI is InChI=1S/C29H29N3O4S/c1-29(2,3)36-28(35)31-17-19(18-31)16-30-26-24(25(34)20-10-6-4-7-11-20)22-14-15-23(33)32(27(22)37-26)21-12-8-5-9-13-21/h4-15,19,30H,16-18H2,1-3H3. The number of hydrogen-bond acceptors (Lipinski definition) is 6. The first kappa shape index (κ1) is 24.8. The number of likely N-dealkylation sites (tertiary alicyclic amines) is 1. The van der Waals surface area contributed by atoms with E-state index in [1.807, 2.05) is 69.3 Å². The Morgan fingerprint density at radius 1 is 0.973 bits per heavy atom. The smallest absolute Gasteiger partial charge is 0.410 e. The number of carbonyl (C=O) groups excluding carboxylic acids is 2. The van der Waals surface area contributed by atoms with Gasteiger partial charge < -0.3 is 15.0 Å². The number of ether oxygens (including phenoxy) is 1. The maximum atomic E-state index is 13.7. The van der Waals surface area contributed by atoms with Gasteiger partial charge >= 0.3 is 6.09 Å². The summed E-state index contributed by atoms with van der Waals surface area (Å²) in [5, 5.41) is 4.91. The van der Waals surface area contributed by atoms with Crippen LogP contribution in [0.3, 0.4) is 0 Å². The van der Waals surface area contributed by atoms with Crippen LogP contribution < -0.4 is 10.9 Å². The van der Waals surface area contributed by atoms with Crippen molar-refractivity contribution in [3.8, 4) is 5.69 Å². The molecule has 0 spiro atoms. The van der Waals surface area contributed by atoms with Gasteiger partial charge in [-0.05, 0) is 39.0 Å². The Hall–Kier alpha value is -3.91. The number of ketones is 1. The first-order valence-electron chi connectivity index (χ1n) is 12.3. The van der Waals surface area contributed by atoms with Crippen molar-refractivity contribution in [2.45, 2.75) is 26.4 Å². The second-order valence-electron chi connectivity index (χ2n) is 10.2. The molecule has 4 aromatic rings. The molecule has 1 saturated heterocycles. The maximum absolute atomic E-state index is 13.7. The SMILES string of the molecule is CC(C)(C)OC(=O)N1CC(CNc2sc3c(ccc(=O)n3-c3ccccc3)c2C(=O)c2ccccc2)C1. The lowest BCUT2D eigenvalue weighted by atomic mass is 10.00. The number of amides is 1. The van der Waals surface area contributed by atoms with E-state index in [-0.39, 0.29) is 23.4 Å². The number of nitrogens with zero attached hydrogens (tertiary/aromatic N) is 2. The van der Waals surface area contributed by atoms with Gasteiger partial charge in [-0.2, -0.15) is 0 Å². The van der Waals surface area contributed by atoms with Crippen LogP contribution in [0.5, 0.6) is 0 Å². The first-order valence-corrected chi connectivity index (χ1v) is 13.1. The Labute approximate surface area is 219 Å². The van der Waals surface area contributed by atoms with Gasteiger partial charge in [0.05, 0.1) is 11.3 Å². The monoisotopic (exact) mass is 515 g/mol. The van der Waals surface area contributed by atoms with Crippen molar-refractivity contribution in [3.05, 3.63) is 94.3 Å². The number of hydrogen-bond donors (Lipinski definition) is 1. The summed E-state index contributed by atoms with van der Waals surface area (Å²) in [5.41, 5.74) is 1.20. The molecule has 2 aromatic carbocycles. The van der Waals surface area contributed by atoms with Gasteiger partial charge in [0.25, 0.3) is 5.56 Å². The van der Waals surface area contributed by atoms with Crippen molar-refractivity contribution in [3.63, 3.8) is 0 Å². The highest BCUT2D eigenvalue weighted by molar-refractivity contribution is 7.23. The molecule has 0 atom stereocenters. The summed E-state index contributed by atoms with van der Waals surface area (Å²) < 4.78 is 7.10. The summed E-state index contributed by atoms with van der Waals surface area (Å²) >= 11 is 1.40. The van der Waals surface area contributed by atoms with Gasteiger partial charge in [0.1, 0.15) is 15.4 Å². The minimum absolute atomic E-state index is 0.100. The maximum Gasteiger partial charge on any atom is 0.410 e. The van der Waals surface area contributed by atoms with Crippen molar-refractivity contribution >= 4 is 38.4 Å². The van der Waals surface area contributed by atoms with Crippen molar-refractivity contribution in [2.24, 2.45) is 5.92 Å². The van der Waals surface area contributed by atoms with Gasteiger partial charge in [0.15, 0.2) is 5.78 Å². The zero-order valence-corrected chi connectivity index (χ0v) is 21.9. The van der Waals surface area contributed by atoms with Crippen LogP contribution in [0.4, 0.5) is 9.80 Å². The Morgan fingerprint density at radius 2 is 1.62 bits per heavy atom. The number of thiophene rings is 1. The fraction of sp³-hybridized carbons (Fsp3) is 0.276. The predicted molar refractivity (Wildman–Crippen MR) is 147 cm³/mol. The third-order valence-electron chi connectivity index (χ3n) is 6.18. The molecule has 0 aliphatic carbocycles. The van der Waals surface area contributed by atoms with E-state index in [9.17, 15) is 14.4 Å². The molecule has 1 aliphatic heterocycles. The summed E-state index contributed by atoms with van der Waals surface area (Å²) in [5.74, 6) is 0.130. The van der Waals surface area contributed by atoms with Gasteiger partial charge in [0, 0.05) is 42.6 Å². The molecular formula is C29H29N3O4S. The summed E-state index contributed by atoms with van der Waals surface area (Å²) in [6, 6.07) is 21.8. The number of anilines is 1. The molecule has 0 unspecified atom stereocenters. The van der Waals surface area contributed by atoms with Crippen LogP contribution in [0, 0.1) is 5.92 Å². The highest BCUT2D eigenvalue weighted by atomic mass is 32.1. The van der Waals surface area contributed by atoms with Crippen molar-refractivity contribution in [2.75, 3.05) is 25.0 Å². The van der Waals surface area contributed by atoms with Crippen molar-refractivity contribution in [1.29, 1.82) is 0 Å². The van der Waals surface area contributed by atoms with Crippen LogP contribution in [-0.4, -0.2) is 46.6 Å². The minimum atomic E-state index is -0.529. The predicted octanol–water partition coefficient (Wildman–Crippen LogP) is 5.56. The Balaban J connectivity index is 1.46. The molecule has 1 amide bonds. The summed E-state index contributed by atoms with van der Waals surface area (Å²) in [6.45, 7) is 7.33. The van der Waals surface area contributed by atoms with E-state index in [0.717, 1.165) is 16.1 Å². The second-order valence-corrected chi connectivity index (χ2v) is 11.2. The quantitative estimate of drug-likeness (QED) is 0.340. The topological polar surface area (TPSA) is 80.6 Å². The van der Waals surface area contributed by atoms with E-state index in [1.165, 1.54) is 17.4 Å². The van der Waals surface area contributed by atoms with Crippen LogP contribution in [0.2, 0.25) is 0 Å². The highest BCUT2D eigenvalue weighted by Crippen LogP contribution is 2.38. The number of pyridine rings is 1. The third-order valence-corrected chi connectivity index (χ3v) is 7.33. The molecule has 8 heteroatoms. The number of aromatic nitrogens is 1. The number of fused-ring (bicyclic) bond motifs is 1. The largest absolute Gasteiger partial charge is 0.444 e. The van der Waals surface area contributed by atoms with Crippen LogP contribution in [0.15, 0.2) is 77.6 Å². The zero-order chi connectivity index (χ0) is 26.2. The summed E-state index contributed by atoms with van der Waals surface area (Å²) in [7, 11) is 0.